The fraction of sp³-hybridized carbons (Fsp3) is 0.143. The lowest BCUT2D eigenvalue weighted by Gasteiger charge is -2.29. The average Bonchev–Trinajstić information content (AvgIpc) is 3.41. The second-order valence-corrected chi connectivity index (χ2v) is 18.7. The van der Waals surface area contributed by atoms with Crippen LogP contribution in [0.3, 0.4) is 0 Å². The van der Waals surface area contributed by atoms with Crippen LogP contribution in [0.5, 0.6) is 5.75 Å². The van der Waals surface area contributed by atoms with Crippen LogP contribution in [0.4, 0.5) is 45.5 Å². The number of hydrogen-bond donors (Lipinski definition) is 2. The molecule has 0 saturated carbocycles. The zero-order valence-electron chi connectivity index (χ0n) is 34.0. The highest BCUT2D eigenvalue weighted by Gasteiger charge is 2.50. The molecule has 1 aliphatic rings. The summed E-state index contributed by atoms with van der Waals surface area (Å²) in [5.41, 5.74) is 6.07. The average molecular weight is 1080 g/mol. The molecule has 1 aliphatic heterocycles. The van der Waals surface area contributed by atoms with Crippen molar-refractivity contribution < 1.29 is 24.2 Å². The molecule has 0 bridgehead atoms. The number of nitrogens with zero attached hydrogens (tertiary/aromatic N) is 6. The first-order valence-electron chi connectivity index (χ1n) is 17.9. The smallest absolute Gasteiger partial charge is 0.289 e. The van der Waals surface area contributed by atoms with Crippen LogP contribution in [0.15, 0.2) is 103 Å². The molecule has 5 aromatic rings. The largest absolute Gasteiger partial charge is 0.436 e. The van der Waals surface area contributed by atoms with Gasteiger partial charge >= 0.3 is 0 Å². The number of nitro benzene ring substituents is 2. The Balaban J connectivity index is 0.000000255. The number of nitrogens with one attached hydrogen (secondary N) is 1. The number of thiocarbonyl (C=S) groups is 2. The zero-order valence-corrected chi connectivity index (χ0v) is 41.0. The maximum Gasteiger partial charge on any atom is 0.289 e. The number of nitrogens with two attached hydrogens (primary N) is 1. The van der Waals surface area contributed by atoms with Crippen LogP contribution in [-0.2, 0) is 9.59 Å². The number of nitro groups is 2. The predicted molar refractivity (Wildman–Crippen MR) is 270 cm³/mol. The van der Waals surface area contributed by atoms with E-state index < -0.39 is 19.7 Å². The quantitative estimate of drug-likeness (QED) is 0.0301. The Bertz CT molecular complexity index is 2750. The molecule has 1 saturated heterocycles. The van der Waals surface area contributed by atoms with Crippen molar-refractivity contribution in [2.75, 3.05) is 20.9 Å². The highest BCUT2D eigenvalue weighted by molar-refractivity contribution is 9.10. The summed E-state index contributed by atoms with van der Waals surface area (Å²) in [4.78, 5) is 54.4. The van der Waals surface area contributed by atoms with Gasteiger partial charge in [0.1, 0.15) is 21.3 Å². The standard InChI is InChI=1S/C18H12Cl2N4O3S.C11H10BrClN2O.C7H5ClOS.C6H5ClN2O2/c1-18(2)16(25)22(10-5-7-14(21-3)13(20)8-10)17(28)23(18)11-4-6-12(19)15(9-11)24(26)27;1-11(2,12)10(16)15-7-4-5-9(14-3)8(13)6-7;8-7(10)9-6-4-2-1-3-5-6;7-5-2-1-4(8)3-6(5)9(10)11/h4-9H,1-2H3;4-6H,1-2H3,(H,15,16);1-5H;1-3H,8H2. The lowest BCUT2D eigenvalue weighted by Crippen LogP contribution is -2.44. The molecule has 2 amide bonds. The Morgan fingerprint density at radius 1 is 0.815 bits per heavy atom. The monoisotopic (exact) mass is 1080 g/mol. The Hall–Kier alpha value is -5.67. The van der Waals surface area contributed by atoms with Crippen molar-refractivity contribution in [1.82, 2.24) is 0 Å². The summed E-state index contributed by atoms with van der Waals surface area (Å²) in [5.74, 6) is 0.170. The Morgan fingerprint density at radius 2 is 1.32 bits per heavy atom. The molecule has 6 rings (SSSR count). The second kappa shape index (κ2) is 23.5. The molecule has 0 aromatic heterocycles. The van der Waals surface area contributed by atoms with E-state index in [-0.39, 0.29) is 53.6 Å². The van der Waals surface area contributed by atoms with Crippen LogP contribution in [0.25, 0.3) is 9.69 Å². The molecule has 3 N–H and O–H groups in total. The van der Waals surface area contributed by atoms with Gasteiger partial charge in [-0.1, -0.05) is 92.7 Å². The van der Waals surface area contributed by atoms with Gasteiger partial charge in [0.15, 0.2) is 5.11 Å². The molecule has 1 heterocycles. The number of anilines is 4. The molecular weight excluding hydrogens is 1050 g/mol. The third-order valence-electron chi connectivity index (χ3n) is 8.34. The van der Waals surface area contributed by atoms with Gasteiger partial charge in [-0.25, -0.2) is 9.69 Å². The number of para-hydroxylation sites is 1. The van der Waals surface area contributed by atoms with Crippen molar-refractivity contribution >= 4 is 165 Å². The van der Waals surface area contributed by atoms with Gasteiger partial charge in [-0.2, -0.15) is 0 Å². The first kappa shape index (κ1) is 53.7. The summed E-state index contributed by atoms with van der Waals surface area (Å²) in [6.07, 6.45) is 0. The fourth-order valence-electron chi connectivity index (χ4n) is 5.17. The fourth-order valence-corrected chi connectivity index (χ4v) is 6.79. The van der Waals surface area contributed by atoms with E-state index in [0.29, 0.717) is 39.2 Å². The molecule has 23 heteroatoms. The summed E-state index contributed by atoms with van der Waals surface area (Å²) < 4.78 is 4.29. The molecule has 65 heavy (non-hydrogen) atoms. The lowest BCUT2D eigenvalue weighted by molar-refractivity contribution is -0.384. The third kappa shape index (κ3) is 14.7. The van der Waals surface area contributed by atoms with Gasteiger partial charge in [0, 0.05) is 33.6 Å². The van der Waals surface area contributed by atoms with Gasteiger partial charge in [0.05, 0.1) is 38.7 Å². The molecular formula is C42H32BrCl5N8O7S2. The minimum atomic E-state index is -1.11. The summed E-state index contributed by atoms with van der Waals surface area (Å²) in [7, 11) is 0. The van der Waals surface area contributed by atoms with Crippen LogP contribution in [-0.4, -0.2) is 41.1 Å². The maximum atomic E-state index is 13.1. The SMILES string of the molecule is Nc1ccc(Cl)c([N+](=O)[O-])c1.S=C(Cl)Oc1ccccc1.[C-]#[N+]c1ccc(N2C(=O)C(C)(C)N(c3ccc(Cl)c([N+](=O)[O-])c3)C2=S)cc1Cl.[C-]#[N+]c1ccc(NC(=O)C(C)(C)Br)cc1Cl. The van der Waals surface area contributed by atoms with Crippen LogP contribution >= 0.6 is 98.4 Å². The van der Waals surface area contributed by atoms with Crippen molar-refractivity contribution in [3.05, 3.63) is 166 Å². The van der Waals surface area contributed by atoms with E-state index in [9.17, 15) is 29.8 Å². The van der Waals surface area contributed by atoms with Crippen LogP contribution in [0.1, 0.15) is 27.7 Å². The number of benzene rings is 5. The lowest BCUT2D eigenvalue weighted by atomic mass is 10.0. The van der Waals surface area contributed by atoms with Gasteiger partial charge in [-0.05, 0) is 124 Å². The number of alkyl halides is 1. The van der Waals surface area contributed by atoms with Crippen LogP contribution in [0.2, 0.25) is 20.1 Å². The highest BCUT2D eigenvalue weighted by Crippen LogP contribution is 2.40. The summed E-state index contributed by atoms with van der Waals surface area (Å²) in [6, 6.07) is 26.9. The second-order valence-electron chi connectivity index (χ2n) is 13.8. The van der Waals surface area contributed by atoms with E-state index in [0.717, 1.165) is 0 Å². The molecule has 336 valence electrons. The van der Waals surface area contributed by atoms with Gasteiger partial charge in [-0.15, -0.1) is 0 Å². The molecule has 0 radical (unpaired) electrons. The van der Waals surface area contributed by atoms with E-state index in [2.05, 4.69) is 43.2 Å². The molecule has 1 fully saturated rings. The molecule has 0 atom stereocenters. The number of ether oxygens (including phenoxy) is 1. The first-order chi connectivity index (χ1) is 30.3. The molecule has 0 spiro atoms. The summed E-state index contributed by atoms with van der Waals surface area (Å²) in [6.45, 7) is 20.7. The Labute approximate surface area is 417 Å². The normalized spacial score (nSPS) is 12.4. The number of hydrogen-bond acceptors (Lipinski definition) is 10. The van der Waals surface area contributed by atoms with Crippen molar-refractivity contribution in [3.63, 3.8) is 0 Å². The van der Waals surface area contributed by atoms with Crippen molar-refractivity contribution in [2.45, 2.75) is 37.6 Å². The highest BCUT2D eigenvalue weighted by atomic mass is 79.9. The van der Waals surface area contributed by atoms with E-state index in [1.165, 1.54) is 52.3 Å². The molecule has 15 nitrogen and oxygen atoms in total. The number of carbonyl (C=O) groups is 2. The van der Waals surface area contributed by atoms with Gasteiger partial charge in [0.25, 0.3) is 21.8 Å². The maximum absolute atomic E-state index is 13.1. The van der Waals surface area contributed by atoms with E-state index in [4.69, 9.17) is 93.8 Å². The Kier molecular flexibility index (Phi) is 19.4. The summed E-state index contributed by atoms with van der Waals surface area (Å²) >= 11 is 42.0. The van der Waals surface area contributed by atoms with Crippen LogP contribution in [0, 0.1) is 33.4 Å². The first-order valence-corrected chi connectivity index (χ1v) is 21.4. The number of amides is 2. The number of rotatable bonds is 7. The predicted octanol–water partition coefficient (Wildman–Crippen LogP) is 13.8. The van der Waals surface area contributed by atoms with Gasteiger partial charge < -0.3 is 20.7 Å². The van der Waals surface area contributed by atoms with E-state index in [1.807, 2.05) is 18.2 Å². The topological polar surface area (TPSA) is 183 Å². The molecule has 0 aliphatic carbocycles. The molecule has 0 unspecified atom stereocenters. The third-order valence-corrected chi connectivity index (χ3v) is 10.5. The zero-order chi connectivity index (χ0) is 49.0. The van der Waals surface area contributed by atoms with Crippen molar-refractivity contribution in [1.29, 1.82) is 0 Å². The van der Waals surface area contributed by atoms with Crippen molar-refractivity contribution in [2.24, 2.45) is 0 Å². The minimum Gasteiger partial charge on any atom is -0.436 e. The Morgan fingerprint density at radius 3 is 1.80 bits per heavy atom. The molecule has 5 aromatic carbocycles. The van der Waals surface area contributed by atoms with E-state index >= 15 is 0 Å². The number of carbonyl (C=O) groups excluding carboxylic acids is 2. The van der Waals surface area contributed by atoms with Crippen LogP contribution < -0.4 is 25.6 Å². The van der Waals surface area contributed by atoms with Crippen molar-refractivity contribution in [3.8, 4) is 5.75 Å². The van der Waals surface area contributed by atoms with Gasteiger partial charge in [0.2, 0.25) is 17.3 Å². The number of nitrogen functional groups attached to an aromatic ring is 1. The van der Waals surface area contributed by atoms with E-state index in [1.54, 1.807) is 70.2 Å². The minimum absolute atomic E-state index is 0.0126. The number of halogens is 6. The summed E-state index contributed by atoms with van der Waals surface area (Å²) in [5, 5.41) is 24.9. The van der Waals surface area contributed by atoms with Gasteiger partial charge in [-0.3, -0.25) is 34.7 Å².